The van der Waals surface area contributed by atoms with Crippen LogP contribution in [0.15, 0.2) is 30.5 Å². The maximum Gasteiger partial charge on any atom is 0.416 e. The van der Waals surface area contributed by atoms with Gasteiger partial charge in [0, 0.05) is 13.6 Å². The van der Waals surface area contributed by atoms with Gasteiger partial charge in [-0.25, -0.2) is 0 Å². The van der Waals surface area contributed by atoms with E-state index in [9.17, 15) is 18.0 Å². The molecule has 0 fully saturated rings. The Morgan fingerprint density at radius 1 is 1.33 bits per heavy atom. The smallest absolute Gasteiger partial charge is 0.396 e. The minimum Gasteiger partial charge on any atom is -0.396 e. The summed E-state index contributed by atoms with van der Waals surface area (Å²) < 4.78 is 38.6. The highest BCUT2D eigenvalue weighted by Gasteiger charge is 2.29. The van der Waals surface area contributed by atoms with Crippen LogP contribution < -0.4 is 11.1 Å². The Kier molecular flexibility index (Phi) is 3.88. The first-order valence-electron chi connectivity index (χ1n) is 6.01. The molecule has 0 radical (unpaired) electrons. The number of halogens is 3. The molecule has 0 atom stereocenters. The van der Waals surface area contributed by atoms with E-state index in [1.54, 1.807) is 7.05 Å². The van der Waals surface area contributed by atoms with E-state index in [1.165, 1.54) is 23.0 Å². The number of benzene rings is 1. The first-order valence-corrected chi connectivity index (χ1v) is 6.01. The van der Waals surface area contributed by atoms with Gasteiger partial charge in [-0.2, -0.15) is 18.3 Å². The summed E-state index contributed by atoms with van der Waals surface area (Å²) in [4.78, 5) is 11.9. The van der Waals surface area contributed by atoms with Crippen molar-refractivity contribution in [3.63, 3.8) is 0 Å². The van der Waals surface area contributed by atoms with Crippen molar-refractivity contribution in [3.05, 3.63) is 47.3 Å². The number of hydrogen-bond acceptors (Lipinski definition) is 3. The third kappa shape index (κ3) is 3.33. The van der Waals surface area contributed by atoms with Crippen molar-refractivity contribution in [1.29, 1.82) is 0 Å². The van der Waals surface area contributed by atoms with Crippen LogP contribution in [0.5, 0.6) is 0 Å². The van der Waals surface area contributed by atoms with E-state index in [0.717, 1.165) is 12.1 Å². The summed E-state index contributed by atoms with van der Waals surface area (Å²) >= 11 is 0. The van der Waals surface area contributed by atoms with Crippen LogP contribution in [0, 0.1) is 0 Å². The molecule has 2 aromatic rings. The molecule has 0 aliphatic heterocycles. The number of carbonyl (C=O) groups is 1. The van der Waals surface area contributed by atoms with E-state index in [1.807, 2.05) is 0 Å². The van der Waals surface area contributed by atoms with Gasteiger partial charge in [-0.1, -0.05) is 12.1 Å². The van der Waals surface area contributed by atoms with E-state index in [2.05, 4.69) is 10.4 Å². The first-order chi connectivity index (χ1) is 9.79. The second kappa shape index (κ2) is 5.47. The van der Waals surface area contributed by atoms with E-state index in [4.69, 9.17) is 5.73 Å². The maximum atomic E-state index is 12.4. The number of nitrogen functional groups attached to an aromatic ring is 1. The van der Waals surface area contributed by atoms with Gasteiger partial charge in [0.05, 0.1) is 17.4 Å². The number of amides is 1. The van der Waals surface area contributed by atoms with Gasteiger partial charge in [-0.15, -0.1) is 0 Å². The standard InChI is InChI=1S/C13H13F3N4O/c1-20-11(10(17)7-19-20)12(21)18-6-8-2-4-9(5-3-8)13(14,15)16/h2-5,7H,6,17H2,1H3,(H,18,21). The second-order valence-corrected chi connectivity index (χ2v) is 4.45. The van der Waals surface area contributed by atoms with Crippen LogP contribution in [0.2, 0.25) is 0 Å². The van der Waals surface area contributed by atoms with Crippen molar-refractivity contribution in [1.82, 2.24) is 15.1 Å². The fraction of sp³-hybridized carbons (Fsp3) is 0.231. The van der Waals surface area contributed by atoms with Crippen molar-refractivity contribution < 1.29 is 18.0 Å². The highest BCUT2D eigenvalue weighted by molar-refractivity contribution is 5.97. The first kappa shape index (κ1) is 14.9. The molecule has 112 valence electrons. The normalized spacial score (nSPS) is 11.4. The van der Waals surface area contributed by atoms with E-state index >= 15 is 0 Å². The lowest BCUT2D eigenvalue weighted by Crippen LogP contribution is -2.26. The Balaban J connectivity index is 2.02. The number of nitrogens with zero attached hydrogens (tertiary/aromatic N) is 2. The highest BCUT2D eigenvalue weighted by atomic mass is 19.4. The molecule has 3 N–H and O–H groups in total. The fourth-order valence-corrected chi connectivity index (χ4v) is 1.81. The number of rotatable bonds is 3. The Morgan fingerprint density at radius 3 is 2.43 bits per heavy atom. The Bertz CT molecular complexity index is 627. The van der Waals surface area contributed by atoms with Gasteiger partial charge < -0.3 is 11.1 Å². The Morgan fingerprint density at radius 2 is 1.95 bits per heavy atom. The highest BCUT2D eigenvalue weighted by Crippen LogP contribution is 2.29. The molecule has 0 aliphatic rings. The molecule has 0 saturated heterocycles. The number of alkyl halides is 3. The third-order valence-corrected chi connectivity index (χ3v) is 2.92. The number of aromatic nitrogens is 2. The van der Waals surface area contributed by atoms with Crippen molar-refractivity contribution in [2.24, 2.45) is 7.05 Å². The van der Waals surface area contributed by atoms with Crippen molar-refractivity contribution in [3.8, 4) is 0 Å². The Hall–Kier alpha value is -2.51. The summed E-state index contributed by atoms with van der Waals surface area (Å²) in [5.41, 5.74) is 5.88. The van der Waals surface area contributed by atoms with Crippen molar-refractivity contribution in [2.45, 2.75) is 12.7 Å². The largest absolute Gasteiger partial charge is 0.416 e. The molecule has 5 nitrogen and oxygen atoms in total. The molecule has 8 heteroatoms. The van der Waals surface area contributed by atoms with Crippen LogP contribution in [0.4, 0.5) is 18.9 Å². The molecule has 1 heterocycles. The average molecular weight is 298 g/mol. The summed E-state index contributed by atoms with van der Waals surface area (Å²) in [7, 11) is 1.57. The zero-order chi connectivity index (χ0) is 15.6. The van der Waals surface area contributed by atoms with Gasteiger partial charge in [0.1, 0.15) is 5.69 Å². The second-order valence-electron chi connectivity index (χ2n) is 4.45. The topological polar surface area (TPSA) is 72.9 Å². The zero-order valence-corrected chi connectivity index (χ0v) is 11.1. The van der Waals surface area contributed by atoms with Crippen LogP contribution in [0.1, 0.15) is 21.6 Å². The third-order valence-electron chi connectivity index (χ3n) is 2.92. The molecule has 0 unspecified atom stereocenters. The summed E-state index contributed by atoms with van der Waals surface area (Å²) in [6.07, 6.45) is -3.02. The fourth-order valence-electron chi connectivity index (χ4n) is 1.81. The van der Waals surface area contributed by atoms with Crippen LogP contribution in [-0.2, 0) is 19.8 Å². The molecule has 0 bridgehead atoms. The van der Waals surface area contributed by atoms with Gasteiger partial charge in [-0.3, -0.25) is 9.48 Å². The zero-order valence-electron chi connectivity index (χ0n) is 11.1. The van der Waals surface area contributed by atoms with Crippen LogP contribution in [-0.4, -0.2) is 15.7 Å². The lowest BCUT2D eigenvalue weighted by molar-refractivity contribution is -0.137. The summed E-state index contributed by atoms with van der Waals surface area (Å²) in [6.45, 7) is 0.0988. The lowest BCUT2D eigenvalue weighted by Gasteiger charge is -2.09. The molecular weight excluding hydrogens is 285 g/mol. The average Bonchev–Trinajstić information content (AvgIpc) is 2.75. The molecule has 0 spiro atoms. The number of anilines is 1. The summed E-state index contributed by atoms with van der Waals surface area (Å²) in [5, 5.41) is 6.42. The molecule has 0 saturated carbocycles. The van der Waals surface area contributed by atoms with Gasteiger partial charge in [0.25, 0.3) is 5.91 Å². The molecule has 1 aromatic heterocycles. The molecular formula is C13H13F3N4O. The van der Waals surface area contributed by atoms with E-state index < -0.39 is 17.6 Å². The Labute approximate surface area is 118 Å². The van der Waals surface area contributed by atoms with Crippen LogP contribution in [0.25, 0.3) is 0 Å². The number of nitrogens with one attached hydrogen (secondary N) is 1. The maximum absolute atomic E-state index is 12.4. The monoisotopic (exact) mass is 298 g/mol. The molecule has 0 aliphatic carbocycles. The van der Waals surface area contributed by atoms with Crippen LogP contribution in [0.3, 0.4) is 0 Å². The quantitative estimate of drug-likeness (QED) is 0.909. The summed E-state index contributed by atoms with van der Waals surface area (Å²) in [6, 6.07) is 4.57. The summed E-state index contributed by atoms with van der Waals surface area (Å²) in [5.74, 6) is -0.438. The number of hydrogen-bond donors (Lipinski definition) is 2. The minimum atomic E-state index is -4.37. The molecule has 1 aromatic carbocycles. The number of nitrogens with two attached hydrogens (primary N) is 1. The van der Waals surface area contributed by atoms with E-state index in [-0.39, 0.29) is 17.9 Å². The van der Waals surface area contributed by atoms with Gasteiger partial charge in [0.15, 0.2) is 0 Å². The number of carbonyl (C=O) groups excluding carboxylic acids is 1. The van der Waals surface area contributed by atoms with E-state index in [0.29, 0.717) is 5.56 Å². The predicted octanol–water partition coefficient (Wildman–Crippen LogP) is 1.95. The molecule has 21 heavy (non-hydrogen) atoms. The van der Waals surface area contributed by atoms with Gasteiger partial charge in [0.2, 0.25) is 0 Å². The predicted molar refractivity (Wildman–Crippen MR) is 70.2 cm³/mol. The van der Waals surface area contributed by atoms with Gasteiger partial charge in [-0.05, 0) is 17.7 Å². The SMILES string of the molecule is Cn1ncc(N)c1C(=O)NCc1ccc(C(F)(F)F)cc1. The van der Waals surface area contributed by atoms with Crippen molar-refractivity contribution >= 4 is 11.6 Å². The minimum absolute atomic E-state index is 0.0988. The molecule has 1 amide bonds. The number of aryl methyl sites for hydroxylation is 1. The lowest BCUT2D eigenvalue weighted by atomic mass is 10.1. The molecule has 2 rings (SSSR count). The van der Waals surface area contributed by atoms with Gasteiger partial charge >= 0.3 is 6.18 Å². The van der Waals surface area contributed by atoms with Crippen LogP contribution >= 0.6 is 0 Å². The van der Waals surface area contributed by atoms with Crippen molar-refractivity contribution in [2.75, 3.05) is 5.73 Å².